The van der Waals surface area contributed by atoms with E-state index in [2.05, 4.69) is 17.1 Å². The van der Waals surface area contributed by atoms with Gasteiger partial charge >= 0.3 is 0 Å². The minimum Gasteiger partial charge on any atom is -0.493 e. The van der Waals surface area contributed by atoms with Gasteiger partial charge in [0.2, 0.25) is 0 Å². The first-order valence-corrected chi connectivity index (χ1v) is 8.07. The lowest BCUT2D eigenvalue weighted by atomic mass is 10.1. The summed E-state index contributed by atoms with van der Waals surface area (Å²) in [6.45, 7) is 7.40. The van der Waals surface area contributed by atoms with Crippen molar-refractivity contribution in [3.8, 4) is 11.5 Å². The molecule has 1 heterocycles. The fourth-order valence-electron chi connectivity index (χ4n) is 2.80. The normalized spacial score (nSPS) is 20.3. The predicted molar refractivity (Wildman–Crippen MR) is 96.8 cm³/mol. The van der Waals surface area contributed by atoms with Crippen molar-refractivity contribution in [2.24, 2.45) is 11.7 Å². The van der Waals surface area contributed by atoms with Gasteiger partial charge in [-0.15, -0.1) is 12.4 Å². The molecule has 0 saturated carbocycles. The number of rotatable bonds is 7. The fourth-order valence-corrected chi connectivity index (χ4v) is 2.80. The zero-order valence-electron chi connectivity index (χ0n) is 14.6. The van der Waals surface area contributed by atoms with Crippen molar-refractivity contribution in [2.45, 2.75) is 26.4 Å². The highest BCUT2D eigenvalue weighted by atomic mass is 35.5. The molecule has 3 N–H and O–H groups in total. The largest absolute Gasteiger partial charge is 0.493 e. The number of nitrogens with zero attached hydrogens (tertiary/aromatic N) is 1. The molecule has 1 amide bonds. The van der Waals surface area contributed by atoms with Gasteiger partial charge in [-0.3, -0.25) is 9.69 Å². The van der Waals surface area contributed by atoms with Crippen LogP contribution >= 0.6 is 12.4 Å². The zero-order chi connectivity index (χ0) is 16.8. The molecule has 1 aromatic carbocycles. The monoisotopic (exact) mass is 357 g/mol. The quantitative estimate of drug-likeness (QED) is 0.771. The number of carbonyl (C=O) groups excluding carboxylic acids is 1. The molecule has 1 aromatic rings. The molecule has 1 aliphatic rings. The molecule has 24 heavy (non-hydrogen) atoms. The molecule has 1 aliphatic heterocycles. The van der Waals surface area contributed by atoms with Crippen LogP contribution in [0.15, 0.2) is 18.2 Å². The number of nitrogens with one attached hydrogen (secondary N) is 1. The van der Waals surface area contributed by atoms with E-state index in [0.717, 1.165) is 25.2 Å². The Balaban J connectivity index is 0.00000288. The number of likely N-dealkylation sites (N-methyl/N-ethyl adjacent to an activating group) is 1. The Morgan fingerprint density at radius 3 is 2.71 bits per heavy atom. The van der Waals surface area contributed by atoms with E-state index in [1.54, 1.807) is 7.11 Å². The average molecular weight is 358 g/mol. The molecule has 0 aromatic heterocycles. The van der Waals surface area contributed by atoms with Crippen molar-refractivity contribution in [2.75, 3.05) is 33.4 Å². The Bertz CT molecular complexity index is 532. The average Bonchev–Trinajstić information content (AvgIpc) is 2.84. The van der Waals surface area contributed by atoms with Crippen molar-refractivity contribution >= 4 is 18.3 Å². The summed E-state index contributed by atoms with van der Waals surface area (Å²) in [5, 5.41) is 2.70. The Labute approximate surface area is 150 Å². The molecular formula is C17H28ClN3O3. The van der Waals surface area contributed by atoms with Crippen LogP contribution in [0.25, 0.3) is 0 Å². The number of hydrogen-bond acceptors (Lipinski definition) is 5. The van der Waals surface area contributed by atoms with Gasteiger partial charge in [0.1, 0.15) is 0 Å². The number of likely N-dealkylation sites (tertiary alicyclic amines) is 1. The van der Waals surface area contributed by atoms with Gasteiger partial charge in [0.05, 0.1) is 7.11 Å². The summed E-state index contributed by atoms with van der Waals surface area (Å²) in [6.07, 6.45) is 0. The summed E-state index contributed by atoms with van der Waals surface area (Å²) in [5.74, 6) is 1.60. The van der Waals surface area contributed by atoms with Crippen LogP contribution in [-0.4, -0.2) is 50.2 Å². The van der Waals surface area contributed by atoms with E-state index < -0.39 is 0 Å². The van der Waals surface area contributed by atoms with Crippen molar-refractivity contribution in [1.29, 1.82) is 0 Å². The van der Waals surface area contributed by atoms with E-state index in [-0.39, 0.29) is 31.0 Å². The number of benzene rings is 1. The second-order valence-electron chi connectivity index (χ2n) is 6.06. The lowest BCUT2D eigenvalue weighted by Gasteiger charge is -2.17. The van der Waals surface area contributed by atoms with Crippen molar-refractivity contribution in [3.63, 3.8) is 0 Å². The Kier molecular flexibility index (Phi) is 8.31. The molecule has 2 unspecified atom stereocenters. The molecule has 6 nitrogen and oxygen atoms in total. The molecule has 0 spiro atoms. The molecule has 0 bridgehead atoms. The summed E-state index contributed by atoms with van der Waals surface area (Å²) in [6, 6.07) is 6.06. The van der Waals surface area contributed by atoms with Crippen LogP contribution in [0.2, 0.25) is 0 Å². The first kappa shape index (κ1) is 20.5. The van der Waals surface area contributed by atoms with E-state index in [9.17, 15) is 4.79 Å². The maximum atomic E-state index is 11.5. The van der Waals surface area contributed by atoms with Crippen LogP contribution in [0.3, 0.4) is 0 Å². The number of carbonyl (C=O) groups is 1. The fraction of sp³-hybridized carbons (Fsp3) is 0.588. The number of amides is 1. The van der Waals surface area contributed by atoms with E-state index >= 15 is 0 Å². The summed E-state index contributed by atoms with van der Waals surface area (Å²) in [4.78, 5) is 13.8. The van der Waals surface area contributed by atoms with Crippen molar-refractivity contribution in [3.05, 3.63) is 23.8 Å². The smallest absolute Gasteiger partial charge is 0.257 e. The van der Waals surface area contributed by atoms with Gasteiger partial charge in [0.15, 0.2) is 18.1 Å². The minimum atomic E-state index is -0.140. The topological polar surface area (TPSA) is 76.8 Å². The molecule has 0 aliphatic carbocycles. The Morgan fingerprint density at radius 2 is 2.12 bits per heavy atom. The second kappa shape index (κ2) is 9.71. The molecule has 2 atom stereocenters. The van der Waals surface area contributed by atoms with Gasteiger partial charge < -0.3 is 20.5 Å². The summed E-state index contributed by atoms with van der Waals surface area (Å²) < 4.78 is 10.9. The first-order chi connectivity index (χ1) is 11.0. The highest BCUT2D eigenvalue weighted by Gasteiger charge is 2.26. The van der Waals surface area contributed by atoms with Crippen LogP contribution in [0.4, 0.5) is 0 Å². The summed E-state index contributed by atoms with van der Waals surface area (Å²) in [7, 11) is 1.60. The summed E-state index contributed by atoms with van der Waals surface area (Å²) in [5.41, 5.74) is 7.22. The lowest BCUT2D eigenvalue weighted by Crippen LogP contribution is -2.28. The third-order valence-electron chi connectivity index (χ3n) is 4.11. The van der Waals surface area contributed by atoms with Gasteiger partial charge in [0, 0.05) is 32.2 Å². The van der Waals surface area contributed by atoms with Crippen molar-refractivity contribution in [1.82, 2.24) is 10.2 Å². The third-order valence-corrected chi connectivity index (χ3v) is 4.11. The highest BCUT2D eigenvalue weighted by molar-refractivity contribution is 5.85. The van der Waals surface area contributed by atoms with Gasteiger partial charge in [-0.05, 0) is 30.5 Å². The Morgan fingerprint density at radius 1 is 1.38 bits per heavy atom. The summed E-state index contributed by atoms with van der Waals surface area (Å²) >= 11 is 0. The zero-order valence-corrected chi connectivity index (χ0v) is 15.4. The Hall–Kier alpha value is -1.50. The van der Waals surface area contributed by atoms with Crippen LogP contribution < -0.4 is 20.5 Å². The molecule has 1 fully saturated rings. The molecular weight excluding hydrogens is 330 g/mol. The predicted octanol–water partition coefficient (Wildman–Crippen LogP) is 1.41. The maximum absolute atomic E-state index is 11.5. The van der Waals surface area contributed by atoms with E-state index in [1.165, 1.54) is 0 Å². The van der Waals surface area contributed by atoms with Crippen LogP contribution in [0.1, 0.15) is 19.4 Å². The number of halogens is 1. The van der Waals surface area contributed by atoms with Gasteiger partial charge in [-0.25, -0.2) is 0 Å². The number of methoxy groups -OCH3 is 1. The lowest BCUT2D eigenvalue weighted by molar-refractivity contribution is -0.123. The van der Waals surface area contributed by atoms with Crippen LogP contribution in [0, 0.1) is 5.92 Å². The van der Waals surface area contributed by atoms with Crippen molar-refractivity contribution < 1.29 is 14.3 Å². The SMILES string of the molecule is CCNC(=O)COc1ccc(CN2CC(C)C(N)C2)cc1OC.Cl. The molecule has 0 radical (unpaired) electrons. The standard InChI is InChI=1S/C17H27N3O3.ClH/c1-4-19-17(21)11-23-15-6-5-13(7-16(15)22-3)9-20-8-12(2)14(18)10-20;/h5-7,12,14H,4,8-11,18H2,1-3H3,(H,19,21);1H. The van der Waals surface area contributed by atoms with Crippen LogP contribution in [-0.2, 0) is 11.3 Å². The van der Waals surface area contributed by atoms with E-state index in [1.807, 2.05) is 25.1 Å². The number of ether oxygens (including phenoxy) is 2. The maximum Gasteiger partial charge on any atom is 0.257 e. The van der Waals surface area contributed by atoms with E-state index in [0.29, 0.717) is 24.0 Å². The second-order valence-corrected chi connectivity index (χ2v) is 6.06. The highest BCUT2D eigenvalue weighted by Crippen LogP contribution is 2.29. The molecule has 2 rings (SSSR count). The van der Waals surface area contributed by atoms with Gasteiger partial charge in [-0.2, -0.15) is 0 Å². The van der Waals surface area contributed by atoms with Gasteiger partial charge in [-0.1, -0.05) is 13.0 Å². The molecule has 7 heteroatoms. The van der Waals surface area contributed by atoms with Gasteiger partial charge in [0.25, 0.3) is 5.91 Å². The minimum absolute atomic E-state index is 0. The van der Waals surface area contributed by atoms with E-state index in [4.69, 9.17) is 15.2 Å². The van der Waals surface area contributed by atoms with Crippen LogP contribution in [0.5, 0.6) is 11.5 Å². The molecule has 136 valence electrons. The third kappa shape index (κ3) is 5.54. The number of hydrogen-bond donors (Lipinski definition) is 2. The first-order valence-electron chi connectivity index (χ1n) is 8.07. The number of nitrogens with two attached hydrogens (primary N) is 1. The molecule has 1 saturated heterocycles.